The molecular weight excluding hydrogens is 971 g/mol. The third-order valence-electron chi connectivity index (χ3n) is 11.7. The number of amides is 2. The summed E-state index contributed by atoms with van der Waals surface area (Å²) in [6.07, 6.45) is 11.8. The predicted molar refractivity (Wildman–Crippen MR) is 283 cm³/mol. The number of imidazole rings is 2. The summed E-state index contributed by atoms with van der Waals surface area (Å²) in [6, 6.07) is 33.5. The molecule has 4 aromatic carbocycles. The fourth-order valence-corrected chi connectivity index (χ4v) is 7.76. The van der Waals surface area contributed by atoms with E-state index in [4.69, 9.17) is 25.6 Å². The van der Waals surface area contributed by atoms with Gasteiger partial charge in [-0.1, -0.05) is 76.2 Å². The molecule has 0 saturated heterocycles. The topological polar surface area (TPSA) is 231 Å². The van der Waals surface area contributed by atoms with E-state index in [2.05, 4.69) is 85.9 Å². The van der Waals surface area contributed by atoms with Crippen molar-refractivity contribution in [2.24, 2.45) is 11.8 Å². The molecule has 0 aliphatic heterocycles. The highest BCUT2D eigenvalue weighted by Crippen LogP contribution is 2.30. The van der Waals surface area contributed by atoms with E-state index in [1.54, 1.807) is 12.1 Å². The van der Waals surface area contributed by atoms with Crippen LogP contribution in [0, 0.1) is 34.5 Å². The molecule has 2 fully saturated rings. The van der Waals surface area contributed by atoms with Crippen LogP contribution in [0.25, 0.3) is 45.1 Å². The zero-order valence-corrected chi connectivity index (χ0v) is 41.9. The molecule has 364 valence electrons. The average molecular weight is 1030 g/mol. The molecule has 0 bridgehead atoms. The van der Waals surface area contributed by atoms with E-state index in [0.29, 0.717) is 57.5 Å². The fourth-order valence-electron chi connectivity index (χ4n) is 7.38. The molecule has 4 aromatic heterocycles. The molecule has 2 aliphatic carbocycles. The second-order valence-electron chi connectivity index (χ2n) is 18.6. The Hall–Kier alpha value is -7.90. The number of nitrogens with zero attached hydrogens (tertiary/aromatic N) is 8. The van der Waals surface area contributed by atoms with Crippen LogP contribution in [0.3, 0.4) is 0 Å². The Labute approximate surface area is 426 Å². The van der Waals surface area contributed by atoms with Gasteiger partial charge < -0.3 is 31.3 Å². The Morgan fingerprint density at radius 1 is 0.639 bits per heavy atom. The van der Waals surface area contributed by atoms with Gasteiger partial charge in [-0.2, -0.15) is 10.5 Å². The van der Waals surface area contributed by atoms with Crippen LogP contribution in [-0.2, 0) is 0 Å². The minimum absolute atomic E-state index is 0.00527. The Morgan fingerprint density at radius 3 is 1.47 bits per heavy atom. The number of nitrogens with one attached hydrogen (secondary N) is 4. The van der Waals surface area contributed by atoms with Gasteiger partial charge in [0.2, 0.25) is 0 Å². The molecule has 2 saturated carbocycles. The molecule has 0 atom stereocenters. The summed E-state index contributed by atoms with van der Waals surface area (Å²) < 4.78 is 4.78. The predicted octanol–water partition coefficient (Wildman–Crippen LogP) is 8.25. The Bertz CT molecular complexity index is 3260. The van der Waals surface area contributed by atoms with Crippen LogP contribution in [0.2, 0.25) is 0 Å². The van der Waals surface area contributed by atoms with Crippen molar-refractivity contribution in [2.75, 3.05) is 23.7 Å². The summed E-state index contributed by atoms with van der Waals surface area (Å²) in [5.41, 5.74) is 9.89. The fraction of sp³-hybridized carbons (Fsp3) is 0.259. The van der Waals surface area contributed by atoms with Gasteiger partial charge in [0, 0.05) is 65.4 Å². The third-order valence-corrected chi connectivity index (χ3v) is 12.1. The van der Waals surface area contributed by atoms with Crippen molar-refractivity contribution in [1.82, 2.24) is 39.4 Å². The van der Waals surface area contributed by atoms with E-state index in [0.717, 1.165) is 94.3 Å². The van der Waals surface area contributed by atoms with Crippen molar-refractivity contribution in [3.8, 4) is 45.9 Å². The highest BCUT2D eigenvalue weighted by atomic mass is 79.9. The number of carbonyl (C=O) groups is 2. The number of benzene rings is 4. The van der Waals surface area contributed by atoms with Crippen molar-refractivity contribution in [1.29, 1.82) is 10.5 Å². The van der Waals surface area contributed by atoms with Crippen molar-refractivity contribution < 1.29 is 19.6 Å². The van der Waals surface area contributed by atoms with Gasteiger partial charge in [-0.25, -0.2) is 19.9 Å². The van der Waals surface area contributed by atoms with E-state index < -0.39 is 7.12 Å². The maximum Gasteiger partial charge on any atom is 0.488 e. The molecule has 2 amide bonds. The van der Waals surface area contributed by atoms with Gasteiger partial charge in [-0.3, -0.25) is 18.4 Å². The Morgan fingerprint density at radius 2 is 1.06 bits per heavy atom. The van der Waals surface area contributed by atoms with Gasteiger partial charge in [0.25, 0.3) is 11.8 Å². The lowest BCUT2D eigenvalue weighted by molar-refractivity contribution is 0.0942. The first-order valence-corrected chi connectivity index (χ1v) is 24.6. The van der Waals surface area contributed by atoms with Crippen LogP contribution >= 0.6 is 15.9 Å². The van der Waals surface area contributed by atoms with Crippen LogP contribution in [0.1, 0.15) is 85.2 Å². The molecule has 16 nitrogen and oxygen atoms in total. The molecule has 18 heteroatoms. The molecule has 0 spiro atoms. The number of hydrogen-bond acceptors (Lipinski definition) is 12. The lowest BCUT2D eigenvalue weighted by atomic mass is 9.80. The van der Waals surface area contributed by atoms with Crippen LogP contribution < -0.4 is 26.7 Å². The number of aromatic nitrogens is 6. The smallest absolute Gasteiger partial charge is 0.423 e. The summed E-state index contributed by atoms with van der Waals surface area (Å²) in [5, 5.41) is 47.7. The molecular formula is C54H54BBrN12O4. The molecule has 10 rings (SSSR count). The Balaban J connectivity index is 0.000000162. The average Bonchev–Trinajstić information content (AvgIpc) is 4.31. The van der Waals surface area contributed by atoms with Crippen LogP contribution in [-0.4, -0.2) is 82.9 Å². The second kappa shape index (κ2) is 22.9. The second-order valence-corrected chi connectivity index (χ2v) is 19.4. The SMILES string of the molecule is CC(C)CNc1nc(-c2ccc(C#N)cc2)cn2c(-c3ccc(C(=O)NC4CC4)cc3)cnc12.CC(C)CNc1nc(Br)cn2c(-c3ccc(C(=O)NC4CC4)cc3)cnc12.N#Cc1ccc(B(O)O)cc1. The quantitative estimate of drug-likeness (QED) is 0.0566. The number of nitriles is 2. The van der Waals surface area contributed by atoms with Crippen molar-refractivity contribution in [2.45, 2.75) is 65.5 Å². The number of halogens is 1. The number of rotatable bonds is 14. The summed E-state index contributed by atoms with van der Waals surface area (Å²) >= 11 is 3.49. The van der Waals surface area contributed by atoms with E-state index in [-0.39, 0.29) is 11.8 Å². The van der Waals surface area contributed by atoms with Crippen molar-refractivity contribution in [3.05, 3.63) is 149 Å². The molecule has 2 aliphatic rings. The van der Waals surface area contributed by atoms with Gasteiger partial charge in [0.1, 0.15) is 4.60 Å². The first-order valence-electron chi connectivity index (χ1n) is 23.9. The highest BCUT2D eigenvalue weighted by Gasteiger charge is 2.25. The number of carbonyl (C=O) groups excluding carboxylic acids is 2. The number of fused-ring (bicyclic) bond motifs is 2. The number of hydrogen-bond donors (Lipinski definition) is 6. The largest absolute Gasteiger partial charge is 0.488 e. The minimum Gasteiger partial charge on any atom is -0.423 e. The van der Waals surface area contributed by atoms with E-state index in [9.17, 15) is 9.59 Å². The van der Waals surface area contributed by atoms with Crippen LogP contribution in [0.15, 0.2) is 126 Å². The van der Waals surface area contributed by atoms with E-state index >= 15 is 0 Å². The maximum absolute atomic E-state index is 12.4. The first kappa shape index (κ1) is 50.5. The summed E-state index contributed by atoms with van der Waals surface area (Å²) in [7, 11) is -1.46. The lowest BCUT2D eigenvalue weighted by Gasteiger charge is -2.13. The molecule has 0 unspecified atom stereocenters. The van der Waals surface area contributed by atoms with E-state index in [1.807, 2.05) is 100 Å². The standard InChI is InChI=1S/C27H26N6O.C20H22BrN5O.C7H6BNO2/c1-17(2)14-29-25-26-30-15-24(20-7-9-21(10-8-20)27(34)31-22-11-12-22)33(26)16-23(32-25)19-5-3-18(13-28)4-6-19;1-12(2)9-22-18-19-23-10-16(26(19)11-17(21)25-18)13-3-5-14(6-4-13)20(27)24-15-7-8-15;9-5-6-1-3-7(4-2-6)8(10)11/h3-10,15-17,22H,11-12,14H2,1-2H3,(H,29,32)(H,31,34);3-6,10-12,15H,7-9H2,1-2H3,(H,22,25)(H,24,27);1-4,10-11H. The van der Waals surface area contributed by atoms with Crippen molar-refractivity contribution >= 4 is 63.3 Å². The molecule has 6 N–H and O–H groups in total. The van der Waals surface area contributed by atoms with Gasteiger partial charge in [-0.05, 0) is 107 Å². The van der Waals surface area contributed by atoms with E-state index in [1.165, 1.54) is 24.3 Å². The van der Waals surface area contributed by atoms with Crippen molar-refractivity contribution in [3.63, 3.8) is 0 Å². The summed E-state index contributed by atoms with van der Waals surface area (Å²) in [5.74, 6) is 2.39. The zero-order valence-electron chi connectivity index (χ0n) is 40.3. The maximum atomic E-state index is 12.4. The normalized spacial score (nSPS) is 12.8. The van der Waals surface area contributed by atoms with Gasteiger partial charge in [0.15, 0.2) is 22.9 Å². The molecule has 72 heavy (non-hydrogen) atoms. The monoisotopic (exact) mass is 1020 g/mol. The number of anilines is 2. The van der Waals surface area contributed by atoms with Gasteiger partial charge in [-0.15, -0.1) is 0 Å². The molecule has 8 aromatic rings. The van der Waals surface area contributed by atoms with Crippen LogP contribution in [0.5, 0.6) is 0 Å². The molecule has 4 heterocycles. The van der Waals surface area contributed by atoms with Gasteiger partial charge in [0.05, 0.1) is 52.7 Å². The first-order chi connectivity index (χ1) is 34.8. The van der Waals surface area contributed by atoms with Gasteiger partial charge >= 0.3 is 7.12 Å². The lowest BCUT2D eigenvalue weighted by Crippen LogP contribution is -2.29. The summed E-state index contributed by atoms with van der Waals surface area (Å²) in [4.78, 5) is 43.1. The van der Waals surface area contributed by atoms with Crippen LogP contribution in [0.4, 0.5) is 11.6 Å². The Kier molecular flexibility index (Phi) is 16.1. The zero-order chi connectivity index (χ0) is 50.9. The minimum atomic E-state index is -1.46. The highest BCUT2D eigenvalue weighted by molar-refractivity contribution is 9.10. The molecule has 0 radical (unpaired) electrons. The third kappa shape index (κ3) is 12.9. The summed E-state index contributed by atoms with van der Waals surface area (Å²) in [6.45, 7) is 10.2.